The van der Waals surface area contributed by atoms with Gasteiger partial charge in [0.15, 0.2) is 6.29 Å². The summed E-state index contributed by atoms with van der Waals surface area (Å²) in [5, 5.41) is 16.7. The van der Waals surface area contributed by atoms with Crippen LogP contribution in [-0.2, 0) is 9.62 Å². The van der Waals surface area contributed by atoms with Crippen LogP contribution in [0.2, 0.25) is 0 Å². The molecule has 2 N–H and O–H groups in total. The molecule has 0 aromatic rings. The van der Waals surface area contributed by atoms with Gasteiger partial charge in [-0.1, -0.05) is 0 Å². The van der Waals surface area contributed by atoms with Crippen molar-refractivity contribution in [3.8, 4) is 0 Å². The first-order chi connectivity index (χ1) is 3.84. The molecule has 0 spiro atoms. The van der Waals surface area contributed by atoms with Gasteiger partial charge in [0.25, 0.3) is 0 Å². The summed E-state index contributed by atoms with van der Waals surface area (Å²) in [6.45, 7) is 0.451. The van der Waals surface area contributed by atoms with Gasteiger partial charge in [-0.2, -0.15) is 0 Å². The van der Waals surface area contributed by atoms with Gasteiger partial charge in [-0.05, 0) is 0 Å². The molecular weight excluding hydrogens is 112 g/mol. The Labute approximate surface area is 46.6 Å². The molecule has 1 fully saturated rings. The Kier molecular flexibility index (Phi) is 1.80. The van der Waals surface area contributed by atoms with Crippen LogP contribution in [0.3, 0.4) is 0 Å². The molecule has 1 saturated heterocycles. The van der Waals surface area contributed by atoms with Gasteiger partial charge >= 0.3 is 0 Å². The normalized spacial score (nSPS) is 38.2. The van der Waals surface area contributed by atoms with Crippen LogP contribution in [0.5, 0.6) is 0 Å². The van der Waals surface area contributed by atoms with Crippen molar-refractivity contribution in [2.24, 2.45) is 0 Å². The SMILES string of the molecule is OOC1CCOC1O. The lowest BCUT2D eigenvalue weighted by atomic mass is 10.3. The molecule has 0 saturated carbocycles. The van der Waals surface area contributed by atoms with Crippen molar-refractivity contribution < 1.29 is 20.0 Å². The van der Waals surface area contributed by atoms with Gasteiger partial charge < -0.3 is 9.84 Å². The molecule has 0 amide bonds. The summed E-state index contributed by atoms with van der Waals surface area (Å²) in [5.41, 5.74) is 0. The van der Waals surface area contributed by atoms with Crippen molar-refractivity contribution in [3.63, 3.8) is 0 Å². The maximum absolute atomic E-state index is 8.68. The zero-order valence-corrected chi connectivity index (χ0v) is 4.28. The van der Waals surface area contributed by atoms with Crippen molar-refractivity contribution in [1.82, 2.24) is 0 Å². The predicted molar refractivity (Wildman–Crippen MR) is 24.1 cm³/mol. The van der Waals surface area contributed by atoms with Gasteiger partial charge in [-0.15, -0.1) is 0 Å². The van der Waals surface area contributed by atoms with Gasteiger partial charge in [-0.25, -0.2) is 4.89 Å². The van der Waals surface area contributed by atoms with Crippen molar-refractivity contribution in [2.45, 2.75) is 18.8 Å². The topological polar surface area (TPSA) is 58.9 Å². The Morgan fingerprint density at radius 3 is 2.62 bits per heavy atom. The van der Waals surface area contributed by atoms with Crippen LogP contribution >= 0.6 is 0 Å². The Morgan fingerprint density at radius 1 is 1.62 bits per heavy atom. The molecule has 4 heteroatoms. The third-order valence-electron chi connectivity index (χ3n) is 1.14. The number of hydrogen-bond donors (Lipinski definition) is 2. The summed E-state index contributed by atoms with van der Waals surface area (Å²) in [6, 6.07) is 0. The smallest absolute Gasteiger partial charge is 0.184 e. The van der Waals surface area contributed by atoms with E-state index in [-0.39, 0.29) is 0 Å². The van der Waals surface area contributed by atoms with E-state index in [4.69, 9.17) is 10.4 Å². The molecule has 1 rings (SSSR count). The second-order valence-corrected chi connectivity index (χ2v) is 1.69. The van der Waals surface area contributed by atoms with Crippen LogP contribution in [0, 0.1) is 0 Å². The zero-order valence-electron chi connectivity index (χ0n) is 4.28. The molecule has 48 valence electrons. The highest BCUT2D eigenvalue weighted by molar-refractivity contribution is 4.65. The molecular formula is C4H8O4. The zero-order chi connectivity index (χ0) is 5.98. The monoisotopic (exact) mass is 120 g/mol. The highest BCUT2D eigenvalue weighted by atomic mass is 17.1. The number of ether oxygens (including phenoxy) is 1. The summed E-state index contributed by atoms with van der Waals surface area (Å²) in [6.07, 6.45) is -0.938. The fraction of sp³-hybridized carbons (Fsp3) is 1.00. The largest absolute Gasteiger partial charge is 0.366 e. The molecule has 2 unspecified atom stereocenters. The average Bonchev–Trinajstić information content (AvgIpc) is 2.14. The van der Waals surface area contributed by atoms with E-state index in [1.54, 1.807) is 0 Å². The van der Waals surface area contributed by atoms with E-state index in [2.05, 4.69) is 9.62 Å². The number of rotatable bonds is 1. The van der Waals surface area contributed by atoms with Crippen molar-refractivity contribution in [1.29, 1.82) is 0 Å². The first kappa shape index (κ1) is 5.97. The van der Waals surface area contributed by atoms with Crippen LogP contribution in [0.25, 0.3) is 0 Å². The summed E-state index contributed by atoms with van der Waals surface area (Å²) in [7, 11) is 0. The molecule has 1 heterocycles. The Bertz CT molecular complexity index is 74.4. The maximum Gasteiger partial charge on any atom is 0.184 e. The van der Waals surface area contributed by atoms with E-state index in [0.717, 1.165) is 0 Å². The minimum absolute atomic E-state index is 0.451. The van der Waals surface area contributed by atoms with Crippen molar-refractivity contribution in [3.05, 3.63) is 0 Å². The standard InChI is InChI=1S/C4H8O4/c5-4-3(8-6)1-2-7-4/h3-6H,1-2H2. The van der Waals surface area contributed by atoms with Gasteiger partial charge in [0.05, 0.1) is 6.61 Å². The Morgan fingerprint density at radius 2 is 2.38 bits per heavy atom. The molecule has 0 aromatic carbocycles. The molecule has 0 aliphatic carbocycles. The van der Waals surface area contributed by atoms with E-state index >= 15 is 0 Å². The van der Waals surface area contributed by atoms with E-state index < -0.39 is 12.4 Å². The number of aliphatic hydroxyl groups excluding tert-OH is 1. The van der Waals surface area contributed by atoms with Crippen molar-refractivity contribution in [2.75, 3.05) is 6.61 Å². The van der Waals surface area contributed by atoms with Crippen LogP contribution in [-0.4, -0.2) is 29.4 Å². The van der Waals surface area contributed by atoms with E-state index in [1.165, 1.54) is 0 Å². The van der Waals surface area contributed by atoms with Gasteiger partial charge in [-0.3, -0.25) is 5.26 Å². The van der Waals surface area contributed by atoms with Crippen LogP contribution in [0.1, 0.15) is 6.42 Å². The minimum Gasteiger partial charge on any atom is -0.366 e. The second-order valence-electron chi connectivity index (χ2n) is 1.69. The molecule has 1 aliphatic rings. The Balaban J connectivity index is 2.30. The molecule has 8 heavy (non-hydrogen) atoms. The van der Waals surface area contributed by atoms with E-state index in [1.807, 2.05) is 0 Å². The lowest BCUT2D eigenvalue weighted by Crippen LogP contribution is -2.22. The average molecular weight is 120 g/mol. The fourth-order valence-electron chi connectivity index (χ4n) is 0.660. The van der Waals surface area contributed by atoms with Crippen LogP contribution < -0.4 is 0 Å². The third-order valence-corrected chi connectivity index (χ3v) is 1.14. The molecule has 0 bridgehead atoms. The number of hydrogen-bond acceptors (Lipinski definition) is 4. The van der Waals surface area contributed by atoms with Crippen molar-refractivity contribution >= 4 is 0 Å². The van der Waals surface area contributed by atoms with E-state index in [9.17, 15) is 0 Å². The van der Waals surface area contributed by atoms with E-state index in [0.29, 0.717) is 13.0 Å². The number of aliphatic hydroxyl groups is 1. The van der Waals surface area contributed by atoms with Gasteiger partial charge in [0.1, 0.15) is 6.10 Å². The first-order valence-corrected chi connectivity index (χ1v) is 2.44. The molecule has 0 radical (unpaired) electrons. The summed E-state index contributed by atoms with van der Waals surface area (Å²) < 4.78 is 4.63. The summed E-state index contributed by atoms with van der Waals surface area (Å²) in [5.74, 6) is 0. The van der Waals surface area contributed by atoms with Gasteiger partial charge in [0.2, 0.25) is 0 Å². The third kappa shape index (κ3) is 0.976. The summed E-state index contributed by atoms with van der Waals surface area (Å²) in [4.78, 5) is 3.85. The Hall–Kier alpha value is -0.160. The summed E-state index contributed by atoms with van der Waals surface area (Å²) >= 11 is 0. The second kappa shape index (κ2) is 2.41. The fourth-order valence-corrected chi connectivity index (χ4v) is 0.660. The molecule has 2 atom stereocenters. The minimum atomic E-state index is -0.944. The highest BCUT2D eigenvalue weighted by Gasteiger charge is 2.26. The highest BCUT2D eigenvalue weighted by Crippen LogP contribution is 2.12. The lowest BCUT2D eigenvalue weighted by Gasteiger charge is -2.06. The molecule has 1 aliphatic heterocycles. The predicted octanol–water partition coefficient (Wildman–Crippen LogP) is -0.417. The first-order valence-electron chi connectivity index (χ1n) is 2.44. The van der Waals surface area contributed by atoms with Gasteiger partial charge in [0, 0.05) is 6.42 Å². The molecule has 4 nitrogen and oxygen atoms in total. The lowest BCUT2D eigenvalue weighted by molar-refractivity contribution is -0.306. The molecule has 0 aromatic heterocycles. The van der Waals surface area contributed by atoms with Crippen LogP contribution in [0.15, 0.2) is 0 Å². The maximum atomic E-state index is 8.68. The van der Waals surface area contributed by atoms with Crippen LogP contribution in [0.4, 0.5) is 0 Å². The quantitative estimate of drug-likeness (QED) is 0.364.